The average molecular weight is 286 g/mol. The average Bonchev–Trinajstić information content (AvgIpc) is 2.40. The van der Waals surface area contributed by atoms with Gasteiger partial charge in [0.2, 0.25) is 5.91 Å². The Morgan fingerprint density at radius 3 is 2.55 bits per heavy atom. The first-order chi connectivity index (χ1) is 9.58. The van der Waals surface area contributed by atoms with E-state index in [2.05, 4.69) is 0 Å². The van der Waals surface area contributed by atoms with E-state index in [1.807, 2.05) is 23.8 Å². The lowest BCUT2D eigenvalue weighted by Crippen LogP contribution is -2.46. The van der Waals surface area contributed by atoms with E-state index in [-0.39, 0.29) is 5.91 Å². The molecule has 1 amide bonds. The van der Waals surface area contributed by atoms with Crippen molar-refractivity contribution in [3.05, 3.63) is 0 Å². The molecule has 1 fully saturated rings. The zero-order valence-electron chi connectivity index (χ0n) is 13.2. The van der Waals surface area contributed by atoms with E-state index < -0.39 is 6.10 Å². The van der Waals surface area contributed by atoms with Gasteiger partial charge in [-0.15, -0.1) is 0 Å². The van der Waals surface area contributed by atoms with Crippen molar-refractivity contribution in [3.8, 4) is 0 Å². The maximum atomic E-state index is 12.4. The Hall–Kier alpha value is -0.650. The van der Waals surface area contributed by atoms with Crippen LogP contribution < -0.4 is 0 Å². The minimum Gasteiger partial charge on any atom is -0.389 e. The van der Waals surface area contributed by atoms with Gasteiger partial charge in [0.05, 0.1) is 19.3 Å². The van der Waals surface area contributed by atoms with Gasteiger partial charge in [0.1, 0.15) is 0 Å². The number of nitrogens with zero attached hydrogens (tertiary/aromatic N) is 2. The van der Waals surface area contributed by atoms with Gasteiger partial charge < -0.3 is 14.7 Å². The van der Waals surface area contributed by atoms with E-state index in [9.17, 15) is 9.90 Å². The number of methoxy groups -OCH3 is 1. The summed E-state index contributed by atoms with van der Waals surface area (Å²) in [6.45, 7) is 3.95. The van der Waals surface area contributed by atoms with Crippen molar-refractivity contribution in [2.75, 3.05) is 40.4 Å². The number of carbonyl (C=O) groups excluding carboxylic acids is 1. The molecule has 0 aliphatic heterocycles. The highest BCUT2D eigenvalue weighted by molar-refractivity contribution is 5.78. The Morgan fingerprint density at radius 1 is 1.35 bits per heavy atom. The number of likely N-dealkylation sites (N-methyl/N-ethyl adjacent to an activating group) is 2. The second-order valence-corrected chi connectivity index (χ2v) is 5.78. The number of carbonyl (C=O) groups is 1. The topological polar surface area (TPSA) is 53.0 Å². The summed E-state index contributed by atoms with van der Waals surface area (Å²) in [5.41, 5.74) is 0. The molecule has 1 aliphatic carbocycles. The number of rotatable bonds is 8. The molecular formula is C15H30N2O3. The highest BCUT2D eigenvalue weighted by atomic mass is 16.5. The molecule has 20 heavy (non-hydrogen) atoms. The predicted octanol–water partition coefficient (Wildman–Crippen LogP) is 1.11. The fraction of sp³-hybridized carbons (Fsp3) is 0.933. The Balaban J connectivity index is 2.41. The van der Waals surface area contributed by atoms with Crippen LogP contribution in [0.4, 0.5) is 0 Å². The second kappa shape index (κ2) is 9.32. The van der Waals surface area contributed by atoms with Crippen molar-refractivity contribution in [3.63, 3.8) is 0 Å². The molecular weight excluding hydrogens is 256 g/mol. The van der Waals surface area contributed by atoms with Crippen molar-refractivity contribution >= 4 is 5.91 Å². The van der Waals surface area contributed by atoms with Crippen LogP contribution in [-0.4, -0.2) is 73.4 Å². The molecule has 0 aromatic carbocycles. The van der Waals surface area contributed by atoms with Crippen LogP contribution in [0.2, 0.25) is 0 Å². The van der Waals surface area contributed by atoms with Gasteiger partial charge >= 0.3 is 0 Å². The van der Waals surface area contributed by atoms with E-state index in [4.69, 9.17) is 4.74 Å². The van der Waals surface area contributed by atoms with Crippen LogP contribution in [0.1, 0.15) is 39.0 Å². The van der Waals surface area contributed by atoms with E-state index in [1.165, 1.54) is 19.3 Å². The molecule has 0 radical (unpaired) electrons. The standard InChI is InChI=1S/C15H30N2O3/c1-4-17(13-8-6-5-7-9-13)15(19)11-16(2)10-14(18)12-20-3/h13-14,18H,4-12H2,1-3H3. The minimum absolute atomic E-state index is 0.173. The largest absolute Gasteiger partial charge is 0.389 e. The SMILES string of the molecule is CCN(C(=O)CN(C)CC(O)COC)C1CCCCC1. The molecule has 118 valence electrons. The third-order valence-corrected chi connectivity index (χ3v) is 3.96. The number of aliphatic hydroxyl groups excluding tert-OH is 1. The van der Waals surface area contributed by atoms with Gasteiger partial charge in [-0.1, -0.05) is 19.3 Å². The van der Waals surface area contributed by atoms with Crippen molar-refractivity contribution < 1.29 is 14.6 Å². The van der Waals surface area contributed by atoms with Gasteiger partial charge in [-0.2, -0.15) is 0 Å². The highest BCUT2D eigenvalue weighted by Crippen LogP contribution is 2.22. The van der Waals surface area contributed by atoms with E-state index in [0.717, 1.165) is 19.4 Å². The fourth-order valence-corrected chi connectivity index (χ4v) is 3.02. The summed E-state index contributed by atoms with van der Waals surface area (Å²) in [4.78, 5) is 16.3. The predicted molar refractivity (Wildman–Crippen MR) is 79.6 cm³/mol. The molecule has 0 heterocycles. The normalized spacial score (nSPS) is 18.2. The molecule has 0 aromatic rings. The van der Waals surface area contributed by atoms with Crippen LogP contribution in [0.5, 0.6) is 0 Å². The van der Waals surface area contributed by atoms with Crippen LogP contribution in [0.15, 0.2) is 0 Å². The summed E-state index contributed by atoms with van der Waals surface area (Å²) in [6, 6.07) is 0.415. The first kappa shape index (κ1) is 17.4. The summed E-state index contributed by atoms with van der Waals surface area (Å²) in [6.07, 6.45) is 5.49. The summed E-state index contributed by atoms with van der Waals surface area (Å²) < 4.78 is 4.90. The monoisotopic (exact) mass is 286 g/mol. The molecule has 1 aliphatic rings. The summed E-state index contributed by atoms with van der Waals surface area (Å²) in [7, 11) is 3.43. The summed E-state index contributed by atoms with van der Waals surface area (Å²) in [5, 5.41) is 9.69. The molecule has 1 rings (SSSR count). The van der Waals surface area contributed by atoms with E-state index in [0.29, 0.717) is 25.7 Å². The lowest BCUT2D eigenvalue weighted by atomic mass is 9.94. The zero-order valence-corrected chi connectivity index (χ0v) is 13.2. The number of ether oxygens (including phenoxy) is 1. The quantitative estimate of drug-likeness (QED) is 0.726. The smallest absolute Gasteiger partial charge is 0.236 e. The molecule has 1 N–H and O–H groups in total. The molecule has 0 spiro atoms. The summed E-state index contributed by atoms with van der Waals surface area (Å²) in [5.74, 6) is 0.173. The van der Waals surface area contributed by atoms with Gasteiger partial charge in [0.15, 0.2) is 0 Å². The third kappa shape index (κ3) is 5.77. The maximum absolute atomic E-state index is 12.4. The van der Waals surface area contributed by atoms with Crippen molar-refractivity contribution in [2.45, 2.75) is 51.2 Å². The van der Waals surface area contributed by atoms with Gasteiger partial charge in [-0.25, -0.2) is 0 Å². The Kier molecular flexibility index (Phi) is 8.11. The van der Waals surface area contributed by atoms with E-state index in [1.54, 1.807) is 7.11 Å². The Bertz CT molecular complexity index is 280. The highest BCUT2D eigenvalue weighted by Gasteiger charge is 2.24. The molecule has 1 saturated carbocycles. The molecule has 1 unspecified atom stereocenters. The van der Waals surface area contributed by atoms with Crippen LogP contribution in [0.25, 0.3) is 0 Å². The first-order valence-corrected chi connectivity index (χ1v) is 7.73. The lowest BCUT2D eigenvalue weighted by Gasteiger charge is -2.34. The summed E-state index contributed by atoms with van der Waals surface area (Å²) >= 11 is 0. The molecule has 5 heteroatoms. The first-order valence-electron chi connectivity index (χ1n) is 7.73. The number of amides is 1. The van der Waals surface area contributed by atoms with Gasteiger partial charge in [0, 0.05) is 26.2 Å². The molecule has 5 nitrogen and oxygen atoms in total. The molecule has 1 atom stereocenters. The molecule has 0 saturated heterocycles. The maximum Gasteiger partial charge on any atom is 0.236 e. The van der Waals surface area contributed by atoms with Crippen LogP contribution in [0, 0.1) is 0 Å². The van der Waals surface area contributed by atoms with Crippen molar-refractivity contribution in [1.82, 2.24) is 9.80 Å². The van der Waals surface area contributed by atoms with E-state index >= 15 is 0 Å². The second-order valence-electron chi connectivity index (χ2n) is 5.78. The van der Waals surface area contributed by atoms with Crippen molar-refractivity contribution in [2.24, 2.45) is 0 Å². The third-order valence-electron chi connectivity index (χ3n) is 3.96. The van der Waals surface area contributed by atoms with Gasteiger partial charge in [0.25, 0.3) is 0 Å². The Morgan fingerprint density at radius 2 is 2.00 bits per heavy atom. The van der Waals surface area contributed by atoms with Gasteiger partial charge in [-0.05, 0) is 26.8 Å². The number of hydrogen-bond donors (Lipinski definition) is 1. The fourth-order valence-electron chi connectivity index (χ4n) is 3.02. The van der Waals surface area contributed by atoms with Crippen molar-refractivity contribution in [1.29, 1.82) is 0 Å². The van der Waals surface area contributed by atoms with Crippen LogP contribution in [0.3, 0.4) is 0 Å². The Labute approximate surface area is 122 Å². The van der Waals surface area contributed by atoms with Crippen LogP contribution in [-0.2, 0) is 9.53 Å². The minimum atomic E-state index is -0.539. The molecule has 0 bridgehead atoms. The van der Waals surface area contributed by atoms with Crippen LogP contribution >= 0.6 is 0 Å². The zero-order chi connectivity index (χ0) is 15.0. The number of hydrogen-bond acceptors (Lipinski definition) is 4. The van der Waals surface area contributed by atoms with Gasteiger partial charge in [-0.3, -0.25) is 9.69 Å². The lowest BCUT2D eigenvalue weighted by molar-refractivity contribution is -0.135. The molecule has 0 aromatic heterocycles. The number of aliphatic hydroxyl groups is 1.